The van der Waals surface area contributed by atoms with Crippen molar-refractivity contribution in [2.24, 2.45) is 13.0 Å². The van der Waals surface area contributed by atoms with E-state index in [1.807, 2.05) is 24.3 Å². The molecular formula is C32H30Cl2N6O5. The smallest absolute Gasteiger partial charge is 0.279 e. The summed E-state index contributed by atoms with van der Waals surface area (Å²) in [5, 5.41) is 24.4. The number of benzene rings is 2. The van der Waals surface area contributed by atoms with Gasteiger partial charge in [0.15, 0.2) is 0 Å². The number of carbonyl (C=O) groups is 2. The van der Waals surface area contributed by atoms with Crippen molar-refractivity contribution < 1.29 is 19.4 Å². The second-order valence-corrected chi connectivity index (χ2v) is 11.8. The highest BCUT2D eigenvalue weighted by molar-refractivity contribution is 6.39. The van der Waals surface area contributed by atoms with E-state index in [1.54, 1.807) is 18.2 Å². The van der Waals surface area contributed by atoms with E-state index in [1.165, 1.54) is 26.4 Å². The molecule has 0 bridgehead atoms. The molecule has 45 heavy (non-hydrogen) atoms. The number of pyridine rings is 1. The van der Waals surface area contributed by atoms with Gasteiger partial charge in [0.05, 0.1) is 40.7 Å². The molecule has 4 aromatic rings. The van der Waals surface area contributed by atoms with Crippen molar-refractivity contribution in [3.05, 3.63) is 91.8 Å². The third-order valence-corrected chi connectivity index (χ3v) is 8.99. The van der Waals surface area contributed by atoms with Crippen LogP contribution in [0.5, 0.6) is 5.88 Å². The van der Waals surface area contributed by atoms with Gasteiger partial charge in [-0.3, -0.25) is 14.4 Å². The van der Waals surface area contributed by atoms with E-state index in [2.05, 4.69) is 21.0 Å². The Labute approximate surface area is 268 Å². The summed E-state index contributed by atoms with van der Waals surface area (Å²) in [5.74, 6) is -0.0551. The highest BCUT2D eigenvalue weighted by atomic mass is 35.5. The maximum Gasteiger partial charge on any atom is 0.279 e. The van der Waals surface area contributed by atoms with Gasteiger partial charge in [0.25, 0.3) is 11.5 Å². The molecule has 6 rings (SSSR count). The molecule has 232 valence electrons. The highest BCUT2D eigenvalue weighted by Gasteiger charge is 2.36. The van der Waals surface area contributed by atoms with Crippen LogP contribution in [0.15, 0.2) is 59.5 Å². The average Bonchev–Trinajstić information content (AvgIpc) is 3.59. The summed E-state index contributed by atoms with van der Waals surface area (Å²) in [5.41, 5.74) is 3.73. The van der Waals surface area contributed by atoms with Gasteiger partial charge in [-0.1, -0.05) is 53.5 Å². The summed E-state index contributed by atoms with van der Waals surface area (Å²) in [7, 11) is 3.00. The Morgan fingerprint density at radius 3 is 2.56 bits per heavy atom. The molecule has 1 aliphatic carbocycles. The number of nitrogens with one attached hydrogen (secondary N) is 3. The number of fused-ring (bicyclic) bond motifs is 1. The summed E-state index contributed by atoms with van der Waals surface area (Å²) >= 11 is 13.8. The number of hydrogen-bond donors (Lipinski definition) is 4. The number of aliphatic hydroxyl groups is 1. The first-order valence-corrected chi connectivity index (χ1v) is 15.1. The van der Waals surface area contributed by atoms with E-state index in [9.17, 15) is 19.5 Å². The minimum absolute atomic E-state index is 0.0342. The lowest BCUT2D eigenvalue weighted by Gasteiger charge is -2.21. The number of amides is 2. The molecule has 11 nitrogen and oxygen atoms in total. The molecule has 3 heterocycles. The van der Waals surface area contributed by atoms with Crippen LogP contribution in [0.4, 0.5) is 5.69 Å². The SMILES string of the molecule is COc1nc(-c2cccc(-c3cccc(NC(=O)c4ccnn(C)c4=O)c3Cl)c2Cl)cc2c1C(NCC1CNC(=O)C1)C(O)C2. The van der Waals surface area contributed by atoms with Crippen molar-refractivity contribution in [1.29, 1.82) is 0 Å². The first kappa shape index (κ1) is 30.7. The molecule has 13 heteroatoms. The molecule has 1 aliphatic heterocycles. The number of rotatable bonds is 8. The number of aromatic nitrogens is 3. The minimum atomic E-state index is -0.693. The standard InChI is InChI=1S/C32H30Cl2N6O5/c1-40-32(44)21(9-10-37-40)30(43)38-22-8-4-6-19(28(22)34)18-5-3-7-20(27(18)33)23-12-17-13-24(41)29(26(17)31(39-23)45-2)36-15-16-11-25(42)35-14-16/h3-10,12,16,24,29,36,41H,11,13-15H2,1-2H3,(H,35,42)(H,38,43). The van der Waals surface area contributed by atoms with Crippen molar-refractivity contribution in [3.8, 4) is 28.3 Å². The number of carbonyl (C=O) groups excluding carboxylic acids is 2. The van der Waals surface area contributed by atoms with Gasteiger partial charge in [-0.15, -0.1) is 0 Å². The van der Waals surface area contributed by atoms with Crippen LogP contribution in [0.1, 0.15) is 33.9 Å². The fourth-order valence-corrected chi connectivity index (χ4v) is 6.50. The Balaban J connectivity index is 1.30. The van der Waals surface area contributed by atoms with E-state index in [0.717, 1.165) is 15.8 Å². The van der Waals surface area contributed by atoms with Crippen LogP contribution in [0.25, 0.3) is 22.4 Å². The number of nitrogens with zero attached hydrogens (tertiary/aromatic N) is 3. The van der Waals surface area contributed by atoms with E-state index in [0.29, 0.717) is 64.9 Å². The molecule has 0 radical (unpaired) electrons. The first-order chi connectivity index (χ1) is 21.7. The molecule has 2 aromatic heterocycles. The van der Waals surface area contributed by atoms with E-state index < -0.39 is 23.6 Å². The lowest BCUT2D eigenvalue weighted by Crippen LogP contribution is -2.33. The maximum atomic E-state index is 12.9. The molecule has 2 aliphatic rings. The fourth-order valence-electron chi connectivity index (χ4n) is 5.90. The van der Waals surface area contributed by atoms with Crippen molar-refractivity contribution >= 4 is 40.7 Å². The van der Waals surface area contributed by atoms with Crippen molar-refractivity contribution in [2.45, 2.75) is 25.0 Å². The maximum absolute atomic E-state index is 12.9. The van der Waals surface area contributed by atoms with Gasteiger partial charge in [0.1, 0.15) is 5.56 Å². The van der Waals surface area contributed by atoms with Crippen LogP contribution < -0.4 is 26.2 Å². The Hall–Kier alpha value is -4.29. The number of methoxy groups -OCH3 is 1. The number of hydrogen-bond acceptors (Lipinski definition) is 8. The Morgan fingerprint density at radius 2 is 1.82 bits per heavy atom. The third kappa shape index (κ3) is 5.91. The Morgan fingerprint density at radius 1 is 1.09 bits per heavy atom. The number of aliphatic hydroxyl groups excluding tert-OH is 1. The molecule has 4 N–H and O–H groups in total. The molecular weight excluding hydrogens is 619 g/mol. The van der Waals surface area contributed by atoms with Gasteiger partial charge in [-0.05, 0) is 29.7 Å². The van der Waals surface area contributed by atoms with Gasteiger partial charge in [0, 0.05) is 61.4 Å². The lowest BCUT2D eigenvalue weighted by atomic mass is 9.99. The van der Waals surface area contributed by atoms with Gasteiger partial charge in [-0.2, -0.15) is 5.10 Å². The molecule has 0 saturated carbocycles. The third-order valence-electron chi connectivity index (χ3n) is 8.18. The Bertz CT molecular complexity index is 1880. The molecule has 2 aromatic carbocycles. The minimum Gasteiger partial charge on any atom is -0.481 e. The normalized spacial score (nSPS) is 18.9. The summed E-state index contributed by atoms with van der Waals surface area (Å²) in [6.45, 7) is 1.17. The monoisotopic (exact) mass is 648 g/mol. The van der Waals surface area contributed by atoms with Crippen LogP contribution in [0, 0.1) is 5.92 Å². The zero-order chi connectivity index (χ0) is 31.8. The first-order valence-electron chi connectivity index (χ1n) is 14.3. The van der Waals surface area contributed by atoms with Crippen LogP contribution in [-0.4, -0.2) is 58.0 Å². The summed E-state index contributed by atoms with van der Waals surface area (Å²) in [4.78, 5) is 41.7. The lowest BCUT2D eigenvalue weighted by molar-refractivity contribution is -0.119. The van der Waals surface area contributed by atoms with Crippen LogP contribution in [0.2, 0.25) is 10.0 Å². The van der Waals surface area contributed by atoms with Crippen LogP contribution in [-0.2, 0) is 18.3 Å². The molecule has 3 atom stereocenters. The predicted octanol–water partition coefficient (Wildman–Crippen LogP) is 3.76. The van der Waals surface area contributed by atoms with E-state index in [4.69, 9.17) is 32.9 Å². The zero-order valence-electron chi connectivity index (χ0n) is 24.4. The number of halogens is 2. The van der Waals surface area contributed by atoms with Crippen molar-refractivity contribution in [3.63, 3.8) is 0 Å². The second-order valence-electron chi connectivity index (χ2n) is 11.1. The number of ether oxygens (including phenoxy) is 1. The molecule has 3 unspecified atom stereocenters. The van der Waals surface area contributed by atoms with E-state index in [-0.39, 0.29) is 22.4 Å². The fraction of sp³-hybridized carbons (Fsp3) is 0.281. The summed E-state index contributed by atoms with van der Waals surface area (Å²) < 4.78 is 6.78. The molecule has 2 amide bonds. The van der Waals surface area contributed by atoms with Gasteiger partial charge in [0.2, 0.25) is 11.8 Å². The highest BCUT2D eigenvalue weighted by Crippen LogP contribution is 2.44. The summed E-state index contributed by atoms with van der Waals surface area (Å²) in [6, 6.07) is 13.5. The van der Waals surface area contributed by atoms with Crippen molar-refractivity contribution in [1.82, 2.24) is 25.4 Å². The topological polar surface area (TPSA) is 147 Å². The average molecular weight is 650 g/mol. The Kier molecular flexibility index (Phi) is 8.61. The largest absolute Gasteiger partial charge is 0.481 e. The number of anilines is 1. The van der Waals surface area contributed by atoms with Gasteiger partial charge >= 0.3 is 0 Å². The summed E-state index contributed by atoms with van der Waals surface area (Å²) in [6.07, 6.45) is 1.53. The van der Waals surface area contributed by atoms with Gasteiger partial charge in [-0.25, -0.2) is 9.67 Å². The number of aryl methyl sites for hydroxylation is 1. The predicted molar refractivity (Wildman–Crippen MR) is 171 cm³/mol. The molecule has 1 saturated heterocycles. The van der Waals surface area contributed by atoms with Crippen LogP contribution >= 0.6 is 23.2 Å². The quantitative estimate of drug-likeness (QED) is 0.226. The second kappa shape index (κ2) is 12.6. The molecule has 1 fully saturated rings. The zero-order valence-corrected chi connectivity index (χ0v) is 25.9. The van der Waals surface area contributed by atoms with Crippen molar-refractivity contribution in [2.75, 3.05) is 25.5 Å². The van der Waals surface area contributed by atoms with E-state index >= 15 is 0 Å². The van der Waals surface area contributed by atoms with Crippen LogP contribution in [0.3, 0.4) is 0 Å². The molecule has 0 spiro atoms. The van der Waals surface area contributed by atoms with Gasteiger partial charge < -0.3 is 25.8 Å².